The molecule has 2 aromatic rings. The molecule has 0 atom stereocenters. The number of nitrogens with zero attached hydrogens (tertiary/aromatic N) is 1. The van der Waals surface area contributed by atoms with Gasteiger partial charge >= 0.3 is 0 Å². The van der Waals surface area contributed by atoms with E-state index in [1.165, 1.54) is 11.3 Å². The SMILES string of the molecule is CCN(CC)c1cccc(N)c1-c1ccccc1. The number of hydrogen-bond acceptors (Lipinski definition) is 2. The highest BCUT2D eigenvalue weighted by atomic mass is 15.1. The first-order chi connectivity index (χ1) is 8.77. The van der Waals surface area contributed by atoms with Crippen LogP contribution in [0.1, 0.15) is 13.8 Å². The molecule has 2 N–H and O–H groups in total. The summed E-state index contributed by atoms with van der Waals surface area (Å²) in [6.07, 6.45) is 0. The van der Waals surface area contributed by atoms with Crippen LogP contribution in [0.15, 0.2) is 48.5 Å². The van der Waals surface area contributed by atoms with Gasteiger partial charge in [0.2, 0.25) is 0 Å². The summed E-state index contributed by atoms with van der Waals surface area (Å²) in [5.74, 6) is 0. The Kier molecular flexibility index (Phi) is 3.88. The smallest absolute Gasteiger partial charge is 0.0466 e. The number of hydrogen-bond donors (Lipinski definition) is 1. The molecular formula is C16H20N2. The Morgan fingerprint density at radius 1 is 0.889 bits per heavy atom. The van der Waals surface area contributed by atoms with Crippen LogP contribution in [0.25, 0.3) is 11.1 Å². The van der Waals surface area contributed by atoms with Crippen molar-refractivity contribution in [1.82, 2.24) is 0 Å². The fourth-order valence-corrected chi connectivity index (χ4v) is 2.30. The first kappa shape index (κ1) is 12.5. The molecule has 0 aromatic heterocycles. The third-order valence-electron chi connectivity index (χ3n) is 3.24. The molecule has 0 heterocycles. The van der Waals surface area contributed by atoms with Gasteiger partial charge in [0.05, 0.1) is 0 Å². The van der Waals surface area contributed by atoms with Gasteiger partial charge in [-0.3, -0.25) is 0 Å². The molecule has 0 unspecified atom stereocenters. The lowest BCUT2D eigenvalue weighted by Crippen LogP contribution is -2.22. The summed E-state index contributed by atoms with van der Waals surface area (Å²) >= 11 is 0. The lowest BCUT2D eigenvalue weighted by Gasteiger charge is -2.25. The first-order valence-corrected chi connectivity index (χ1v) is 6.46. The average molecular weight is 240 g/mol. The zero-order chi connectivity index (χ0) is 13.0. The summed E-state index contributed by atoms with van der Waals surface area (Å²) in [5.41, 5.74) is 10.5. The Hall–Kier alpha value is -1.96. The second-order valence-electron chi connectivity index (χ2n) is 4.28. The maximum atomic E-state index is 6.17. The van der Waals surface area contributed by atoms with Crippen LogP contribution in [0, 0.1) is 0 Å². The molecule has 18 heavy (non-hydrogen) atoms. The highest BCUT2D eigenvalue weighted by Crippen LogP contribution is 2.35. The van der Waals surface area contributed by atoms with Gasteiger partial charge in [-0.05, 0) is 31.5 Å². The second kappa shape index (κ2) is 5.58. The van der Waals surface area contributed by atoms with Gasteiger partial charge in [0, 0.05) is 30.0 Å². The summed E-state index contributed by atoms with van der Waals surface area (Å²) in [6, 6.07) is 16.5. The third-order valence-corrected chi connectivity index (χ3v) is 3.24. The molecule has 0 bridgehead atoms. The first-order valence-electron chi connectivity index (χ1n) is 6.46. The fraction of sp³-hybridized carbons (Fsp3) is 0.250. The molecule has 2 heteroatoms. The van der Waals surface area contributed by atoms with Gasteiger partial charge in [-0.1, -0.05) is 36.4 Å². The van der Waals surface area contributed by atoms with Crippen molar-refractivity contribution in [2.75, 3.05) is 23.7 Å². The standard InChI is InChI=1S/C16H20N2/c1-3-18(4-2)15-12-8-11-14(17)16(15)13-9-6-5-7-10-13/h5-12H,3-4,17H2,1-2H3. The van der Waals surface area contributed by atoms with E-state index < -0.39 is 0 Å². The van der Waals surface area contributed by atoms with E-state index in [1.54, 1.807) is 0 Å². The molecular weight excluding hydrogens is 220 g/mol. The molecule has 0 saturated heterocycles. The Labute approximate surface area is 109 Å². The summed E-state index contributed by atoms with van der Waals surface area (Å²) in [6.45, 7) is 6.31. The molecule has 2 aromatic carbocycles. The lowest BCUT2D eigenvalue weighted by molar-refractivity contribution is 0.867. The monoisotopic (exact) mass is 240 g/mol. The van der Waals surface area contributed by atoms with Gasteiger partial charge < -0.3 is 10.6 Å². The van der Waals surface area contributed by atoms with Crippen LogP contribution in [0.3, 0.4) is 0 Å². The van der Waals surface area contributed by atoms with Crippen LogP contribution in [0.2, 0.25) is 0 Å². The molecule has 2 rings (SSSR count). The van der Waals surface area contributed by atoms with Crippen LogP contribution >= 0.6 is 0 Å². The number of nitrogens with two attached hydrogens (primary N) is 1. The average Bonchev–Trinajstić information content (AvgIpc) is 2.41. The zero-order valence-electron chi connectivity index (χ0n) is 11.1. The predicted octanol–water partition coefficient (Wildman–Crippen LogP) is 3.78. The maximum Gasteiger partial charge on any atom is 0.0466 e. The van der Waals surface area contributed by atoms with Crippen molar-refractivity contribution in [2.45, 2.75) is 13.8 Å². The summed E-state index contributed by atoms with van der Waals surface area (Å²) in [7, 11) is 0. The predicted molar refractivity (Wildman–Crippen MR) is 79.9 cm³/mol. The highest BCUT2D eigenvalue weighted by Gasteiger charge is 2.12. The van der Waals surface area contributed by atoms with E-state index in [-0.39, 0.29) is 0 Å². The normalized spacial score (nSPS) is 10.3. The third kappa shape index (κ3) is 2.33. The molecule has 0 aliphatic rings. The minimum atomic E-state index is 0.839. The minimum Gasteiger partial charge on any atom is -0.398 e. The van der Waals surface area contributed by atoms with Crippen molar-refractivity contribution in [3.63, 3.8) is 0 Å². The Morgan fingerprint density at radius 3 is 2.17 bits per heavy atom. The molecule has 0 radical (unpaired) electrons. The van der Waals surface area contributed by atoms with Crippen LogP contribution in [0.5, 0.6) is 0 Å². The number of benzene rings is 2. The highest BCUT2D eigenvalue weighted by molar-refractivity contribution is 5.88. The van der Waals surface area contributed by atoms with E-state index in [0.29, 0.717) is 0 Å². The van der Waals surface area contributed by atoms with Gasteiger partial charge in [0.25, 0.3) is 0 Å². The van der Waals surface area contributed by atoms with Crippen LogP contribution in [-0.2, 0) is 0 Å². The molecule has 0 spiro atoms. The second-order valence-corrected chi connectivity index (χ2v) is 4.28. The van der Waals surface area contributed by atoms with Crippen LogP contribution < -0.4 is 10.6 Å². The number of anilines is 2. The molecule has 0 fully saturated rings. The van der Waals surface area contributed by atoms with E-state index >= 15 is 0 Å². The summed E-state index contributed by atoms with van der Waals surface area (Å²) in [5, 5.41) is 0. The van der Waals surface area contributed by atoms with Gasteiger partial charge in [0.1, 0.15) is 0 Å². The summed E-state index contributed by atoms with van der Waals surface area (Å²) < 4.78 is 0. The molecule has 0 amide bonds. The fourth-order valence-electron chi connectivity index (χ4n) is 2.30. The van der Waals surface area contributed by atoms with Crippen molar-refractivity contribution < 1.29 is 0 Å². The van der Waals surface area contributed by atoms with Gasteiger partial charge in [-0.2, -0.15) is 0 Å². The van der Waals surface area contributed by atoms with E-state index in [0.717, 1.165) is 24.3 Å². The summed E-state index contributed by atoms with van der Waals surface area (Å²) in [4.78, 5) is 2.33. The van der Waals surface area contributed by atoms with Gasteiger partial charge in [-0.25, -0.2) is 0 Å². The maximum absolute atomic E-state index is 6.17. The van der Waals surface area contributed by atoms with Crippen LogP contribution in [-0.4, -0.2) is 13.1 Å². The van der Waals surface area contributed by atoms with Crippen molar-refractivity contribution in [3.8, 4) is 11.1 Å². The topological polar surface area (TPSA) is 29.3 Å². The number of rotatable bonds is 4. The van der Waals surface area contributed by atoms with E-state index in [9.17, 15) is 0 Å². The quantitative estimate of drug-likeness (QED) is 0.824. The van der Waals surface area contributed by atoms with Gasteiger partial charge in [-0.15, -0.1) is 0 Å². The molecule has 2 nitrogen and oxygen atoms in total. The Morgan fingerprint density at radius 2 is 1.56 bits per heavy atom. The Bertz CT molecular complexity index is 502. The minimum absolute atomic E-state index is 0.839. The van der Waals surface area contributed by atoms with Crippen molar-refractivity contribution in [1.29, 1.82) is 0 Å². The molecule has 0 aliphatic carbocycles. The van der Waals surface area contributed by atoms with Crippen molar-refractivity contribution >= 4 is 11.4 Å². The van der Waals surface area contributed by atoms with E-state index in [2.05, 4.69) is 36.9 Å². The van der Waals surface area contributed by atoms with Crippen molar-refractivity contribution in [2.24, 2.45) is 0 Å². The van der Waals surface area contributed by atoms with Crippen LogP contribution in [0.4, 0.5) is 11.4 Å². The molecule has 0 saturated carbocycles. The van der Waals surface area contributed by atoms with E-state index in [4.69, 9.17) is 5.73 Å². The largest absolute Gasteiger partial charge is 0.398 e. The number of nitrogen functional groups attached to an aromatic ring is 1. The zero-order valence-corrected chi connectivity index (χ0v) is 11.1. The molecule has 94 valence electrons. The Balaban J connectivity index is 2.58. The molecule has 0 aliphatic heterocycles. The lowest BCUT2D eigenvalue weighted by atomic mass is 10.0. The van der Waals surface area contributed by atoms with Crippen molar-refractivity contribution in [3.05, 3.63) is 48.5 Å². The van der Waals surface area contributed by atoms with Gasteiger partial charge in [0.15, 0.2) is 0 Å². The van der Waals surface area contributed by atoms with E-state index in [1.807, 2.05) is 30.3 Å².